The summed E-state index contributed by atoms with van der Waals surface area (Å²) < 4.78 is 0. The van der Waals surface area contributed by atoms with Gasteiger partial charge in [-0.15, -0.1) is 0 Å². The molecular formula is C19H36O4. The average molecular weight is 328 g/mol. The molecule has 0 aromatic carbocycles. The fourth-order valence-electron chi connectivity index (χ4n) is 3.36. The molecule has 23 heavy (non-hydrogen) atoms. The lowest BCUT2D eigenvalue weighted by atomic mass is 9.73. The van der Waals surface area contributed by atoms with Crippen molar-refractivity contribution in [2.75, 3.05) is 0 Å². The minimum atomic E-state index is -0.943. The molecule has 0 aliphatic heterocycles. The van der Waals surface area contributed by atoms with E-state index in [4.69, 9.17) is 5.11 Å². The largest absolute Gasteiger partial charge is 0.481 e. The van der Waals surface area contributed by atoms with E-state index < -0.39 is 23.3 Å². The van der Waals surface area contributed by atoms with Gasteiger partial charge in [0.25, 0.3) is 0 Å². The maximum Gasteiger partial charge on any atom is 0.309 e. The molecular weight excluding hydrogens is 292 g/mol. The Morgan fingerprint density at radius 2 is 1.48 bits per heavy atom. The monoisotopic (exact) mass is 328 g/mol. The van der Waals surface area contributed by atoms with Crippen molar-refractivity contribution >= 4 is 11.9 Å². The second kappa shape index (κ2) is 11.5. The van der Waals surface area contributed by atoms with E-state index in [1.165, 1.54) is 19.3 Å². The first-order valence-electron chi connectivity index (χ1n) is 9.23. The Balaban J connectivity index is 4.82. The Hall–Kier alpha value is -1.06. The van der Waals surface area contributed by atoms with Crippen molar-refractivity contribution in [3.05, 3.63) is 0 Å². The lowest BCUT2D eigenvalue weighted by molar-refractivity contribution is -0.152. The second-order valence-electron chi connectivity index (χ2n) is 7.37. The first-order valence-corrected chi connectivity index (χ1v) is 9.23. The van der Waals surface area contributed by atoms with Crippen LogP contribution in [0.5, 0.6) is 0 Å². The van der Waals surface area contributed by atoms with Gasteiger partial charge in [0.15, 0.2) is 0 Å². The molecule has 0 bridgehead atoms. The van der Waals surface area contributed by atoms with Crippen molar-refractivity contribution in [3.8, 4) is 0 Å². The van der Waals surface area contributed by atoms with Crippen LogP contribution >= 0.6 is 0 Å². The third-order valence-electron chi connectivity index (χ3n) is 4.87. The first kappa shape index (κ1) is 21.9. The van der Waals surface area contributed by atoms with E-state index in [0.717, 1.165) is 32.1 Å². The van der Waals surface area contributed by atoms with Gasteiger partial charge in [0.2, 0.25) is 0 Å². The zero-order valence-electron chi connectivity index (χ0n) is 15.4. The maximum atomic E-state index is 11.8. The zero-order chi connectivity index (χ0) is 17.9. The van der Waals surface area contributed by atoms with Crippen LogP contribution in [0.15, 0.2) is 0 Å². The number of carbonyl (C=O) groups is 2. The molecule has 4 nitrogen and oxygen atoms in total. The van der Waals surface area contributed by atoms with Crippen LogP contribution in [-0.4, -0.2) is 22.2 Å². The van der Waals surface area contributed by atoms with Crippen molar-refractivity contribution in [1.82, 2.24) is 0 Å². The first-order chi connectivity index (χ1) is 10.8. The molecule has 136 valence electrons. The molecule has 0 amide bonds. The summed E-state index contributed by atoms with van der Waals surface area (Å²) in [4.78, 5) is 22.9. The molecule has 0 rings (SSSR count). The number of carboxylic acid groups (broad SMARTS) is 2. The minimum Gasteiger partial charge on any atom is -0.481 e. The molecule has 3 unspecified atom stereocenters. The molecule has 2 N–H and O–H groups in total. The maximum absolute atomic E-state index is 11.8. The molecule has 0 spiro atoms. The minimum absolute atomic E-state index is 0.204. The van der Waals surface area contributed by atoms with Gasteiger partial charge < -0.3 is 10.2 Å². The predicted molar refractivity (Wildman–Crippen MR) is 93.6 cm³/mol. The molecule has 0 radical (unpaired) electrons. The Labute approximate surface area is 141 Å². The van der Waals surface area contributed by atoms with Gasteiger partial charge in [0.05, 0.1) is 11.3 Å². The molecule has 0 aliphatic rings. The Morgan fingerprint density at radius 3 is 1.96 bits per heavy atom. The summed E-state index contributed by atoms with van der Waals surface area (Å²) in [5.74, 6) is -2.01. The van der Waals surface area contributed by atoms with Crippen molar-refractivity contribution in [1.29, 1.82) is 0 Å². The average Bonchev–Trinajstić information content (AvgIpc) is 2.48. The van der Waals surface area contributed by atoms with E-state index in [1.54, 1.807) is 13.8 Å². The summed E-state index contributed by atoms with van der Waals surface area (Å²) in [6, 6.07) is 0. The molecule has 0 aliphatic carbocycles. The van der Waals surface area contributed by atoms with Crippen molar-refractivity contribution < 1.29 is 19.8 Å². The van der Waals surface area contributed by atoms with E-state index in [1.807, 2.05) is 0 Å². The van der Waals surface area contributed by atoms with Gasteiger partial charge in [-0.05, 0) is 25.7 Å². The van der Waals surface area contributed by atoms with E-state index in [-0.39, 0.29) is 6.42 Å². The normalized spacial score (nSPS) is 16.5. The fraction of sp³-hybridized carbons (Fsp3) is 0.895. The van der Waals surface area contributed by atoms with Gasteiger partial charge in [0, 0.05) is 0 Å². The summed E-state index contributed by atoms with van der Waals surface area (Å²) in [6.45, 7) is 7.66. The van der Waals surface area contributed by atoms with Crippen LogP contribution in [0.3, 0.4) is 0 Å². The number of hydrogen-bond acceptors (Lipinski definition) is 2. The lowest BCUT2D eigenvalue weighted by Crippen LogP contribution is -2.34. The SMILES string of the molecule is CCCCCCC(CCCC)CC(C)(CC(C)C(=O)O)C(=O)O. The number of aliphatic carboxylic acids is 2. The Kier molecular flexibility index (Phi) is 10.9. The van der Waals surface area contributed by atoms with Crippen LogP contribution in [-0.2, 0) is 9.59 Å². The number of rotatable bonds is 14. The Morgan fingerprint density at radius 1 is 0.913 bits per heavy atom. The predicted octanol–water partition coefficient (Wildman–Crippen LogP) is 5.36. The van der Waals surface area contributed by atoms with E-state index in [0.29, 0.717) is 12.3 Å². The number of carboxylic acids is 2. The summed E-state index contributed by atoms with van der Waals surface area (Å²) in [6.07, 6.45) is 9.90. The van der Waals surface area contributed by atoms with E-state index in [2.05, 4.69) is 13.8 Å². The summed E-state index contributed by atoms with van der Waals surface area (Å²) >= 11 is 0. The molecule has 0 saturated carbocycles. The van der Waals surface area contributed by atoms with Crippen LogP contribution < -0.4 is 0 Å². The van der Waals surface area contributed by atoms with Crippen LogP contribution in [0.1, 0.15) is 91.9 Å². The van der Waals surface area contributed by atoms with Gasteiger partial charge in [-0.3, -0.25) is 9.59 Å². The molecule has 3 atom stereocenters. The van der Waals surface area contributed by atoms with Gasteiger partial charge in [-0.25, -0.2) is 0 Å². The highest BCUT2D eigenvalue weighted by molar-refractivity contribution is 5.76. The highest BCUT2D eigenvalue weighted by atomic mass is 16.4. The third kappa shape index (κ3) is 8.97. The van der Waals surface area contributed by atoms with Crippen LogP contribution in [0.4, 0.5) is 0 Å². The standard InChI is InChI=1S/C19H36O4/c1-5-7-9-10-12-16(11-8-6-2)14-19(4,18(22)23)13-15(3)17(20)21/h15-16H,5-14H2,1-4H3,(H,20,21)(H,22,23). The van der Waals surface area contributed by atoms with Gasteiger partial charge >= 0.3 is 11.9 Å². The van der Waals surface area contributed by atoms with Crippen LogP contribution in [0, 0.1) is 17.3 Å². The fourth-order valence-corrected chi connectivity index (χ4v) is 3.36. The zero-order valence-corrected chi connectivity index (χ0v) is 15.4. The third-order valence-corrected chi connectivity index (χ3v) is 4.87. The topological polar surface area (TPSA) is 74.6 Å². The molecule has 0 fully saturated rings. The Bertz CT molecular complexity index is 353. The molecule has 0 aromatic rings. The highest BCUT2D eigenvalue weighted by Gasteiger charge is 2.38. The van der Waals surface area contributed by atoms with Gasteiger partial charge in [-0.2, -0.15) is 0 Å². The quantitative estimate of drug-likeness (QED) is 0.421. The van der Waals surface area contributed by atoms with Gasteiger partial charge in [0.1, 0.15) is 0 Å². The number of unbranched alkanes of at least 4 members (excludes halogenated alkanes) is 4. The van der Waals surface area contributed by atoms with Crippen LogP contribution in [0.25, 0.3) is 0 Å². The smallest absolute Gasteiger partial charge is 0.309 e. The molecule has 0 aromatic heterocycles. The lowest BCUT2D eigenvalue weighted by Gasteiger charge is -2.31. The second-order valence-corrected chi connectivity index (χ2v) is 7.37. The highest BCUT2D eigenvalue weighted by Crippen LogP contribution is 2.37. The molecule has 4 heteroatoms. The molecule has 0 heterocycles. The summed E-state index contributed by atoms with van der Waals surface area (Å²) in [5.41, 5.74) is -0.943. The summed E-state index contributed by atoms with van der Waals surface area (Å²) in [5, 5.41) is 18.8. The van der Waals surface area contributed by atoms with Crippen molar-refractivity contribution in [2.45, 2.75) is 91.9 Å². The number of hydrogen-bond donors (Lipinski definition) is 2. The molecule has 0 saturated heterocycles. The van der Waals surface area contributed by atoms with E-state index >= 15 is 0 Å². The van der Waals surface area contributed by atoms with Crippen LogP contribution in [0.2, 0.25) is 0 Å². The summed E-state index contributed by atoms with van der Waals surface area (Å²) in [7, 11) is 0. The van der Waals surface area contributed by atoms with Crippen molar-refractivity contribution in [2.24, 2.45) is 17.3 Å². The van der Waals surface area contributed by atoms with Crippen molar-refractivity contribution in [3.63, 3.8) is 0 Å². The van der Waals surface area contributed by atoms with E-state index in [9.17, 15) is 14.7 Å². The van der Waals surface area contributed by atoms with Gasteiger partial charge in [-0.1, -0.05) is 72.1 Å².